The van der Waals surface area contributed by atoms with Crippen LogP contribution in [0.15, 0.2) is 85.4 Å². The quantitative estimate of drug-likeness (QED) is 0.301. The summed E-state index contributed by atoms with van der Waals surface area (Å²) in [5, 5.41) is 0.559. The van der Waals surface area contributed by atoms with E-state index < -0.39 is 11.6 Å². The van der Waals surface area contributed by atoms with Crippen molar-refractivity contribution in [1.82, 2.24) is 0 Å². The predicted octanol–water partition coefficient (Wildman–Crippen LogP) is 4.39. The third-order valence-corrected chi connectivity index (χ3v) is 5.13. The molecular formula is C19H13NO4S. The monoisotopic (exact) mass is 351 g/mol. The highest BCUT2D eigenvalue weighted by Crippen LogP contribution is 2.46. The van der Waals surface area contributed by atoms with Gasteiger partial charge in [-0.1, -0.05) is 23.9 Å². The van der Waals surface area contributed by atoms with Gasteiger partial charge >= 0.3 is 0 Å². The van der Waals surface area contributed by atoms with Gasteiger partial charge in [0.25, 0.3) is 0 Å². The lowest BCUT2D eigenvalue weighted by molar-refractivity contribution is 0.0933. The summed E-state index contributed by atoms with van der Waals surface area (Å²) in [6.45, 7) is 0. The molecule has 0 aliphatic carbocycles. The van der Waals surface area contributed by atoms with E-state index in [9.17, 15) is 9.59 Å². The molecule has 124 valence electrons. The molecule has 0 N–H and O–H groups in total. The largest absolute Gasteiger partial charge is 0.461 e. The van der Waals surface area contributed by atoms with E-state index in [1.54, 1.807) is 24.3 Å². The lowest BCUT2D eigenvalue weighted by Gasteiger charge is -2.16. The van der Waals surface area contributed by atoms with Crippen molar-refractivity contribution in [2.75, 3.05) is 11.9 Å². The van der Waals surface area contributed by atoms with Gasteiger partial charge in [-0.15, -0.1) is 0 Å². The van der Waals surface area contributed by atoms with E-state index in [1.165, 1.54) is 24.3 Å². The second-order valence-electron chi connectivity index (χ2n) is 5.42. The minimum absolute atomic E-state index is 0.0357. The molecule has 3 heterocycles. The lowest BCUT2D eigenvalue weighted by atomic mass is 10.0. The Balaban J connectivity index is 1.87. The number of fused-ring (bicyclic) bond motifs is 1. The van der Waals surface area contributed by atoms with Gasteiger partial charge in [-0.3, -0.25) is 9.59 Å². The van der Waals surface area contributed by atoms with Crippen molar-refractivity contribution in [3.8, 4) is 0 Å². The van der Waals surface area contributed by atoms with Crippen molar-refractivity contribution in [2.24, 2.45) is 0 Å². The normalized spacial score (nSPS) is 13.0. The number of carbonyl (C=O) groups excluding carboxylic acids is 2. The highest BCUT2D eigenvalue weighted by Gasteiger charge is 2.34. The van der Waals surface area contributed by atoms with E-state index in [2.05, 4.69) is 0 Å². The summed E-state index contributed by atoms with van der Waals surface area (Å²) in [6.07, 6.45) is 2.82. The van der Waals surface area contributed by atoms with Gasteiger partial charge in [-0.2, -0.15) is 0 Å². The number of furan rings is 2. The van der Waals surface area contributed by atoms with E-state index in [0.717, 1.165) is 10.6 Å². The van der Waals surface area contributed by atoms with E-state index in [0.29, 0.717) is 5.03 Å². The smallest absolute Gasteiger partial charge is 0.234 e. The number of anilines is 1. The van der Waals surface area contributed by atoms with Crippen molar-refractivity contribution < 1.29 is 18.4 Å². The molecule has 0 atom stereocenters. The summed E-state index contributed by atoms with van der Waals surface area (Å²) in [4.78, 5) is 28.8. The number of carbonyl (C=O) groups is 2. The Morgan fingerprint density at radius 1 is 0.880 bits per heavy atom. The lowest BCUT2D eigenvalue weighted by Crippen LogP contribution is -2.21. The molecule has 0 saturated heterocycles. The highest BCUT2D eigenvalue weighted by atomic mass is 32.2. The molecular weight excluding hydrogens is 338 g/mol. The highest BCUT2D eigenvalue weighted by molar-refractivity contribution is 8.03. The summed E-state index contributed by atoms with van der Waals surface area (Å²) in [5.41, 5.74) is 0.980. The van der Waals surface area contributed by atoms with Gasteiger partial charge in [0, 0.05) is 11.9 Å². The first-order valence-electron chi connectivity index (χ1n) is 7.58. The molecule has 1 aliphatic rings. The van der Waals surface area contributed by atoms with Crippen LogP contribution in [0.4, 0.5) is 5.69 Å². The molecule has 0 spiro atoms. The summed E-state index contributed by atoms with van der Waals surface area (Å²) in [7, 11) is 1.83. The fourth-order valence-corrected chi connectivity index (χ4v) is 3.87. The summed E-state index contributed by atoms with van der Waals surface area (Å²) >= 11 is 1.38. The van der Waals surface area contributed by atoms with E-state index in [4.69, 9.17) is 8.83 Å². The van der Waals surface area contributed by atoms with Crippen molar-refractivity contribution in [3.05, 3.63) is 83.2 Å². The third-order valence-electron chi connectivity index (χ3n) is 3.90. The molecule has 4 rings (SSSR count). The molecule has 0 radical (unpaired) electrons. The molecule has 1 aliphatic heterocycles. The average Bonchev–Trinajstić information content (AvgIpc) is 3.37. The van der Waals surface area contributed by atoms with Crippen LogP contribution in [0.5, 0.6) is 0 Å². The fraction of sp³-hybridized carbons (Fsp3) is 0.0526. The van der Waals surface area contributed by atoms with Crippen LogP contribution in [-0.4, -0.2) is 18.6 Å². The third kappa shape index (κ3) is 2.60. The van der Waals surface area contributed by atoms with Crippen molar-refractivity contribution in [3.63, 3.8) is 0 Å². The summed E-state index contributed by atoms with van der Waals surface area (Å²) in [5.74, 6) is -0.693. The number of Topliss-reactive ketones (excluding diaryl/α,β-unsaturated/α-hetero) is 2. The van der Waals surface area contributed by atoms with Gasteiger partial charge in [0.15, 0.2) is 11.5 Å². The molecule has 0 fully saturated rings. The predicted molar refractivity (Wildman–Crippen MR) is 93.8 cm³/mol. The maximum absolute atomic E-state index is 13.0. The zero-order valence-corrected chi connectivity index (χ0v) is 14.1. The average molecular weight is 351 g/mol. The van der Waals surface area contributed by atoms with Gasteiger partial charge < -0.3 is 13.7 Å². The molecule has 0 amide bonds. The Labute approximate surface area is 147 Å². The first-order valence-corrected chi connectivity index (χ1v) is 8.40. The Hall–Kier alpha value is -2.99. The molecule has 3 aromatic rings. The van der Waals surface area contributed by atoms with E-state index in [-0.39, 0.29) is 17.1 Å². The maximum Gasteiger partial charge on any atom is 0.234 e. The molecule has 0 saturated carbocycles. The molecule has 1 aromatic carbocycles. The first kappa shape index (κ1) is 15.5. The van der Waals surface area contributed by atoms with Crippen LogP contribution in [-0.2, 0) is 0 Å². The minimum atomic E-state index is -0.464. The SMILES string of the molecule is CN1C(=C(C(=O)c2ccco2)C(=O)c2ccco2)Sc2ccccc21. The van der Waals surface area contributed by atoms with Gasteiger partial charge in [0.05, 0.1) is 23.2 Å². The number of benzene rings is 1. The standard InChI is InChI=1S/C19H13NO4S/c1-20-12-6-2-3-9-15(12)25-19(20)16(17(21)13-7-4-10-23-13)18(22)14-8-5-11-24-14/h2-11H,1H3. The van der Waals surface area contributed by atoms with Crippen molar-refractivity contribution >= 4 is 29.0 Å². The molecule has 0 bridgehead atoms. The van der Waals surface area contributed by atoms with Crippen LogP contribution in [0, 0.1) is 0 Å². The second kappa shape index (κ2) is 6.14. The Kier molecular flexibility index (Phi) is 3.82. The summed E-state index contributed by atoms with van der Waals surface area (Å²) in [6, 6.07) is 14.1. The number of rotatable bonds is 4. The van der Waals surface area contributed by atoms with Crippen LogP contribution < -0.4 is 4.90 Å². The number of hydrogen-bond donors (Lipinski definition) is 0. The number of hydrogen-bond acceptors (Lipinski definition) is 6. The van der Waals surface area contributed by atoms with Gasteiger partial charge in [-0.05, 0) is 36.4 Å². The molecule has 2 aromatic heterocycles. The van der Waals surface area contributed by atoms with Gasteiger partial charge in [-0.25, -0.2) is 0 Å². The number of ketones is 2. The van der Waals surface area contributed by atoms with Crippen LogP contribution in [0.1, 0.15) is 21.1 Å². The number of para-hydroxylation sites is 1. The number of allylic oxidation sites excluding steroid dienone is 1. The number of nitrogens with zero attached hydrogens (tertiary/aromatic N) is 1. The Morgan fingerprint density at radius 3 is 2.00 bits per heavy atom. The first-order chi connectivity index (χ1) is 12.2. The van der Waals surface area contributed by atoms with E-state index in [1.807, 2.05) is 36.2 Å². The number of thioether (sulfide) groups is 1. The second-order valence-corrected chi connectivity index (χ2v) is 6.45. The van der Waals surface area contributed by atoms with Crippen LogP contribution >= 0.6 is 11.8 Å². The fourth-order valence-electron chi connectivity index (χ4n) is 2.68. The van der Waals surface area contributed by atoms with Crippen LogP contribution in [0.25, 0.3) is 0 Å². The van der Waals surface area contributed by atoms with Gasteiger partial charge in [0.1, 0.15) is 5.57 Å². The molecule has 5 nitrogen and oxygen atoms in total. The topological polar surface area (TPSA) is 63.7 Å². The van der Waals surface area contributed by atoms with Crippen LogP contribution in [0.2, 0.25) is 0 Å². The van der Waals surface area contributed by atoms with Crippen molar-refractivity contribution in [1.29, 1.82) is 0 Å². The zero-order valence-electron chi connectivity index (χ0n) is 13.3. The van der Waals surface area contributed by atoms with Crippen molar-refractivity contribution in [2.45, 2.75) is 4.90 Å². The zero-order chi connectivity index (χ0) is 17.4. The minimum Gasteiger partial charge on any atom is -0.461 e. The molecule has 6 heteroatoms. The maximum atomic E-state index is 13.0. The molecule has 0 unspecified atom stereocenters. The molecule has 25 heavy (non-hydrogen) atoms. The van der Waals surface area contributed by atoms with E-state index >= 15 is 0 Å². The summed E-state index contributed by atoms with van der Waals surface area (Å²) < 4.78 is 10.4. The Bertz CT molecular complexity index is 923. The Morgan fingerprint density at radius 2 is 1.48 bits per heavy atom. The van der Waals surface area contributed by atoms with Gasteiger partial charge in [0.2, 0.25) is 11.6 Å². The van der Waals surface area contributed by atoms with Crippen LogP contribution in [0.3, 0.4) is 0 Å².